The number of alkyl halides is 3. The average Bonchev–Trinajstić information content (AvgIpc) is 2.93. The first-order chi connectivity index (χ1) is 19.4. The fourth-order valence-electron chi connectivity index (χ4n) is 4.20. The number of urea groups is 1. The van der Waals surface area contributed by atoms with Gasteiger partial charge in [-0.3, -0.25) is 4.79 Å². The van der Waals surface area contributed by atoms with Crippen LogP contribution in [0.15, 0.2) is 48.7 Å². The van der Waals surface area contributed by atoms with E-state index in [0.29, 0.717) is 36.2 Å². The van der Waals surface area contributed by atoms with Gasteiger partial charge in [-0.15, -0.1) is 0 Å². The molecule has 6 N–H and O–H groups in total. The summed E-state index contributed by atoms with van der Waals surface area (Å²) < 4.78 is 39.1. The molecule has 3 aromatic rings. The predicted molar refractivity (Wildman–Crippen MR) is 144 cm³/mol. The third kappa shape index (κ3) is 7.54. The lowest BCUT2D eigenvalue weighted by Crippen LogP contribution is -2.49. The molecule has 0 saturated carbocycles. The molecule has 1 saturated heterocycles. The minimum absolute atomic E-state index is 0.0703. The molecule has 4 rings (SSSR count). The molecule has 1 atom stereocenters. The van der Waals surface area contributed by atoms with Crippen molar-refractivity contribution in [3.8, 4) is 11.3 Å². The van der Waals surface area contributed by atoms with E-state index >= 15 is 0 Å². The fraction of sp³-hybridized carbons (Fsp3) is 0.269. The highest BCUT2D eigenvalue weighted by Crippen LogP contribution is 2.36. The van der Waals surface area contributed by atoms with Crippen molar-refractivity contribution in [2.24, 2.45) is 0 Å². The van der Waals surface area contributed by atoms with Crippen LogP contribution in [0.25, 0.3) is 11.3 Å². The summed E-state index contributed by atoms with van der Waals surface area (Å²) in [6, 6.07) is 8.74. The number of halogens is 4. The van der Waals surface area contributed by atoms with Gasteiger partial charge < -0.3 is 31.7 Å². The second-order valence-electron chi connectivity index (χ2n) is 9.23. The first-order valence-corrected chi connectivity index (χ1v) is 12.7. The van der Waals surface area contributed by atoms with Crippen LogP contribution in [0.4, 0.5) is 34.3 Å². The Labute approximate surface area is 236 Å². The van der Waals surface area contributed by atoms with Gasteiger partial charge in [0, 0.05) is 36.9 Å². The Morgan fingerprint density at radius 1 is 1.15 bits per heavy atom. The van der Waals surface area contributed by atoms with E-state index in [2.05, 4.69) is 25.9 Å². The highest BCUT2D eigenvalue weighted by atomic mass is 35.5. The monoisotopic (exact) mass is 591 g/mol. The lowest BCUT2D eigenvalue weighted by atomic mass is 10.1. The Morgan fingerprint density at radius 3 is 2.56 bits per heavy atom. The van der Waals surface area contributed by atoms with Crippen molar-refractivity contribution in [2.75, 3.05) is 24.1 Å². The number of nitrogens with two attached hydrogens (primary N) is 1. The van der Waals surface area contributed by atoms with E-state index in [-0.39, 0.29) is 36.3 Å². The van der Waals surface area contributed by atoms with E-state index < -0.39 is 34.8 Å². The molecule has 0 radical (unpaired) electrons. The zero-order chi connectivity index (χ0) is 29.7. The smallest absolute Gasteiger partial charge is 0.417 e. The lowest BCUT2D eigenvalue weighted by molar-refractivity contribution is -0.137. The van der Waals surface area contributed by atoms with Crippen molar-refractivity contribution in [1.82, 2.24) is 25.5 Å². The van der Waals surface area contributed by atoms with Gasteiger partial charge in [0.25, 0.3) is 5.91 Å². The third-order valence-corrected chi connectivity index (χ3v) is 6.60. The van der Waals surface area contributed by atoms with Crippen LogP contribution in [0.5, 0.6) is 0 Å². The van der Waals surface area contributed by atoms with Crippen LogP contribution >= 0.6 is 11.6 Å². The minimum atomic E-state index is -4.66. The summed E-state index contributed by atoms with van der Waals surface area (Å²) in [4.78, 5) is 45.9. The number of nitrogens with one attached hydrogen (secondary N) is 3. The summed E-state index contributed by atoms with van der Waals surface area (Å²) >= 11 is 5.60. The number of hydrogen-bond donors (Lipinski definition) is 5. The maximum atomic E-state index is 13.0. The molecule has 0 unspecified atom stereocenters. The molecule has 0 bridgehead atoms. The number of aromatic nitrogens is 2. The summed E-state index contributed by atoms with van der Waals surface area (Å²) in [6.45, 7) is 0.637. The number of hydrogen-bond acceptors (Lipinski definition) is 6. The quantitative estimate of drug-likeness (QED) is 0.280. The highest BCUT2D eigenvalue weighted by molar-refractivity contribution is 6.31. The maximum Gasteiger partial charge on any atom is 0.417 e. The number of piperidine rings is 1. The summed E-state index contributed by atoms with van der Waals surface area (Å²) in [7, 11) is 0. The first kappa shape index (κ1) is 29.4. The molecular formula is C26H25ClF3N7O4. The number of rotatable bonds is 6. The molecule has 15 heteroatoms. The molecule has 0 aliphatic carbocycles. The van der Waals surface area contributed by atoms with Gasteiger partial charge in [-0.1, -0.05) is 35.9 Å². The minimum Gasteiger partial charge on any atom is -0.465 e. The molecule has 1 aromatic heterocycles. The van der Waals surface area contributed by atoms with Crippen LogP contribution in [-0.2, 0) is 12.7 Å². The van der Waals surface area contributed by atoms with Crippen LogP contribution in [0, 0.1) is 0 Å². The first-order valence-electron chi connectivity index (χ1n) is 12.3. The van der Waals surface area contributed by atoms with E-state index in [4.69, 9.17) is 17.3 Å². The van der Waals surface area contributed by atoms with Crippen molar-refractivity contribution >= 4 is 41.1 Å². The van der Waals surface area contributed by atoms with E-state index in [1.807, 2.05) is 0 Å². The molecule has 41 heavy (non-hydrogen) atoms. The molecule has 1 fully saturated rings. The van der Waals surface area contributed by atoms with Crippen LogP contribution in [0.1, 0.15) is 34.5 Å². The normalized spacial score (nSPS) is 15.2. The van der Waals surface area contributed by atoms with Gasteiger partial charge in [-0.05, 0) is 36.6 Å². The summed E-state index contributed by atoms with van der Waals surface area (Å²) in [5, 5.41) is 16.4. The van der Waals surface area contributed by atoms with Crippen molar-refractivity contribution in [3.05, 3.63) is 70.5 Å². The van der Waals surface area contributed by atoms with Gasteiger partial charge in [-0.25, -0.2) is 19.6 Å². The molecule has 216 valence electrons. The number of carbonyl (C=O) groups is 3. The fourth-order valence-corrected chi connectivity index (χ4v) is 4.42. The molecule has 2 aromatic carbocycles. The average molecular weight is 592 g/mol. The maximum absolute atomic E-state index is 13.0. The zero-order valence-electron chi connectivity index (χ0n) is 21.3. The Morgan fingerprint density at radius 2 is 1.88 bits per heavy atom. The van der Waals surface area contributed by atoms with Crippen LogP contribution in [0.2, 0.25) is 5.02 Å². The van der Waals surface area contributed by atoms with Crippen molar-refractivity contribution in [1.29, 1.82) is 0 Å². The van der Waals surface area contributed by atoms with E-state index in [1.165, 1.54) is 17.2 Å². The number of anilines is 2. The van der Waals surface area contributed by atoms with Crippen LogP contribution in [-0.4, -0.2) is 57.1 Å². The van der Waals surface area contributed by atoms with E-state index in [9.17, 15) is 32.7 Å². The predicted octanol–water partition coefficient (Wildman–Crippen LogP) is 4.59. The van der Waals surface area contributed by atoms with Gasteiger partial charge in [0.2, 0.25) is 0 Å². The summed E-state index contributed by atoms with van der Waals surface area (Å²) in [6.07, 6.45) is -3.08. The van der Waals surface area contributed by atoms with Gasteiger partial charge in [0.1, 0.15) is 0 Å². The van der Waals surface area contributed by atoms with Gasteiger partial charge in [-0.2, -0.15) is 13.2 Å². The molecule has 11 nitrogen and oxygen atoms in total. The highest BCUT2D eigenvalue weighted by Gasteiger charge is 2.33. The van der Waals surface area contributed by atoms with Crippen LogP contribution < -0.4 is 21.7 Å². The Kier molecular flexibility index (Phi) is 8.81. The number of amides is 4. The standard InChI is InChI=1S/C26H25ClF3N7O4/c27-19-8-7-16(10-18(19)26(28,29)30)35-24(39)33-11-14-3-5-15(6-4-14)20-12-32-22(31)21(36-20)23(38)34-17-2-1-9-37(13-17)25(40)41/h3-8,10,12,17H,1-2,9,11,13H2,(H2,31,32)(H,34,38)(H,40,41)(H2,33,35,39)/t17-/m0/s1. The topological polar surface area (TPSA) is 163 Å². The SMILES string of the molecule is Nc1ncc(-c2ccc(CNC(=O)Nc3ccc(Cl)c(C(F)(F)F)c3)cc2)nc1C(=O)N[C@H]1CCCN(C(=O)O)C1. The molecule has 4 amide bonds. The third-order valence-electron chi connectivity index (χ3n) is 6.28. The second-order valence-corrected chi connectivity index (χ2v) is 9.63. The molecule has 0 spiro atoms. The Balaban J connectivity index is 1.36. The molecule has 1 aliphatic heterocycles. The second kappa shape index (κ2) is 12.3. The van der Waals surface area contributed by atoms with Gasteiger partial charge >= 0.3 is 18.3 Å². The Hall–Kier alpha value is -4.59. The summed E-state index contributed by atoms with van der Waals surface area (Å²) in [5.41, 5.74) is 6.32. The number of nitrogens with zero attached hydrogens (tertiary/aromatic N) is 3. The largest absolute Gasteiger partial charge is 0.465 e. The van der Waals surface area contributed by atoms with Crippen molar-refractivity contribution < 1.29 is 32.7 Å². The van der Waals surface area contributed by atoms with Gasteiger partial charge in [0.05, 0.1) is 22.5 Å². The van der Waals surface area contributed by atoms with Gasteiger partial charge in [0.15, 0.2) is 11.5 Å². The Bertz CT molecular complexity index is 1450. The summed E-state index contributed by atoms with van der Waals surface area (Å²) in [5.74, 6) is -0.643. The molecule has 1 aliphatic rings. The van der Waals surface area contributed by atoms with Crippen LogP contribution in [0.3, 0.4) is 0 Å². The number of nitrogen functional groups attached to an aromatic ring is 1. The van der Waals surface area contributed by atoms with Crippen molar-refractivity contribution in [3.63, 3.8) is 0 Å². The number of benzene rings is 2. The van der Waals surface area contributed by atoms with Crippen molar-refractivity contribution in [2.45, 2.75) is 31.6 Å². The number of carbonyl (C=O) groups excluding carboxylic acids is 2. The van der Waals surface area contributed by atoms with E-state index in [1.54, 1.807) is 24.3 Å². The number of likely N-dealkylation sites (tertiary alicyclic amines) is 1. The molecule has 2 heterocycles. The lowest BCUT2D eigenvalue weighted by Gasteiger charge is -2.31. The number of carboxylic acid groups (broad SMARTS) is 1. The molecular weight excluding hydrogens is 567 g/mol. The van der Waals surface area contributed by atoms with E-state index in [0.717, 1.165) is 12.1 Å². The zero-order valence-corrected chi connectivity index (χ0v) is 22.1.